The summed E-state index contributed by atoms with van der Waals surface area (Å²) in [5.74, 6) is -1.82. The number of carbonyl (C=O) groups is 1. The van der Waals surface area contributed by atoms with Crippen molar-refractivity contribution in [3.63, 3.8) is 0 Å². The van der Waals surface area contributed by atoms with Gasteiger partial charge in [0, 0.05) is 10.9 Å². The fraction of sp³-hybridized carbons (Fsp3) is 0.235. The van der Waals surface area contributed by atoms with Crippen LogP contribution in [0.4, 0.5) is 23.2 Å². The number of alkyl halides is 3. The van der Waals surface area contributed by atoms with E-state index >= 15 is 0 Å². The molecule has 2 nitrogen and oxygen atoms in total. The third-order valence-corrected chi connectivity index (χ3v) is 4.23. The van der Waals surface area contributed by atoms with E-state index in [0.29, 0.717) is 29.6 Å². The van der Waals surface area contributed by atoms with E-state index in [0.717, 1.165) is 5.56 Å². The molecule has 2 atom stereocenters. The summed E-state index contributed by atoms with van der Waals surface area (Å²) >= 11 is 5.80. The molecule has 1 aliphatic rings. The van der Waals surface area contributed by atoms with Gasteiger partial charge in [0.2, 0.25) is 5.91 Å². The predicted molar refractivity (Wildman–Crippen MR) is 82.3 cm³/mol. The Morgan fingerprint density at radius 3 is 2.42 bits per heavy atom. The first-order chi connectivity index (χ1) is 11.3. The molecule has 126 valence electrons. The number of carbonyl (C=O) groups excluding carboxylic acids is 1. The van der Waals surface area contributed by atoms with Crippen LogP contribution >= 0.6 is 11.6 Å². The number of anilines is 1. The highest BCUT2D eigenvalue weighted by Crippen LogP contribution is 2.48. The van der Waals surface area contributed by atoms with E-state index in [1.807, 2.05) is 0 Å². The second-order valence-electron chi connectivity index (χ2n) is 5.68. The van der Waals surface area contributed by atoms with Crippen LogP contribution in [-0.2, 0) is 11.0 Å². The monoisotopic (exact) mass is 357 g/mol. The smallest absolute Gasteiger partial charge is 0.323 e. The molecule has 1 aliphatic carbocycles. The maximum absolute atomic E-state index is 13.7. The van der Waals surface area contributed by atoms with Gasteiger partial charge in [-0.05, 0) is 48.2 Å². The van der Waals surface area contributed by atoms with E-state index in [4.69, 9.17) is 11.6 Å². The molecule has 0 bridgehead atoms. The van der Waals surface area contributed by atoms with Crippen LogP contribution in [0.25, 0.3) is 0 Å². The lowest BCUT2D eigenvalue weighted by atomic mass is 10.1. The van der Waals surface area contributed by atoms with Crippen molar-refractivity contribution in [2.75, 3.05) is 5.32 Å². The van der Waals surface area contributed by atoms with Gasteiger partial charge in [0.25, 0.3) is 0 Å². The van der Waals surface area contributed by atoms with Crippen molar-refractivity contribution in [2.45, 2.75) is 18.5 Å². The van der Waals surface area contributed by atoms with Gasteiger partial charge in [0.15, 0.2) is 0 Å². The third-order valence-electron chi connectivity index (χ3n) is 3.98. The van der Waals surface area contributed by atoms with E-state index in [1.165, 1.54) is 0 Å². The van der Waals surface area contributed by atoms with Crippen molar-refractivity contribution in [2.24, 2.45) is 5.92 Å². The molecule has 1 saturated carbocycles. The highest BCUT2D eigenvalue weighted by atomic mass is 35.5. The van der Waals surface area contributed by atoms with Gasteiger partial charge in [-0.15, -0.1) is 0 Å². The highest BCUT2D eigenvalue weighted by Gasteiger charge is 2.44. The zero-order chi connectivity index (χ0) is 17.5. The topological polar surface area (TPSA) is 29.1 Å². The molecule has 1 fully saturated rings. The van der Waals surface area contributed by atoms with Crippen LogP contribution in [0.3, 0.4) is 0 Å². The predicted octanol–water partition coefficient (Wildman–Crippen LogP) is 5.24. The lowest BCUT2D eigenvalue weighted by Crippen LogP contribution is -2.16. The number of amides is 1. The molecular formula is C17H12ClF4NO. The summed E-state index contributed by atoms with van der Waals surface area (Å²) in [5.41, 5.74) is -0.551. The van der Waals surface area contributed by atoms with Crippen LogP contribution in [0, 0.1) is 11.7 Å². The van der Waals surface area contributed by atoms with Gasteiger partial charge >= 0.3 is 6.18 Å². The minimum atomic E-state index is -4.60. The van der Waals surface area contributed by atoms with Crippen LogP contribution < -0.4 is 5.32 Å². The minimum Gasteiger partial charge on any atom is -0.323 e. The first-order valence-corrected chi connectivity index (χ1v) is 7.56. The van der Waals surface area contributed by atoms with Crippen LogP contribution in [0.1, 0.15) is 23.5 Å². The Balaban J connectivity index is 1.71. The number of benzene rings is 2. The van der Waals surface area contributed by atoms with Crippen LogP contribution in [-0.4, -0.2) is 5.91 Å². The molecular weight excluding hydrogens is 346 g/mol. The van der Waals surface area contributed by atoms with E-state index < -0.39 is 29.2 Å². The molecule has 0 saturated heterocycles. The second kappa shape index (κ2) is 6.09. The summed E-state index contributed by atoms with van der Waals surface area (Å²) in [6, 6.07) is 8.94. The van der Waals surface area contributed by atoms with Crippen molar-refractivity contribution < 1.29 is 22.4 Å². The van der Waals surface area contributed by atoms with Gasteiger partial charge < -0.3 is 5.32 Å². The first kappa shape index (κ1) is 16.8. The van der Waals surface area contributed by atoms with Crippen LogP contribution in [0.5, 0.6) is 0 Å². The molecule has 1 N–H and O–H groups in total. The Bertz CT molecular complexity index is 773. The van der Waals surface area contributed by atoms with Gasteiger partial charge in [0.1, 0.15) is 5.82 Å². The highest BCUT2D eigenvalue weighted by molar-refractivity contribution is 6.30. The molecule has 0 heterocycles. The average Bonchev–Trinajstić information content (AvgIpc) is 3.29. The Morgan fingerprint density at radius 1 is 1.12 bits per heavy atom. The van der Waals surface area contributed by atoms with Crippen LogP contribution in [0.2, 0.25) is 5.02 Å². The normalized spacial score (nSPS) is 19.9. The Morgan fingerprint density at radius 2 is 1.79 bits per heavy atom. The maximum Gasteiger partial charge on any atom is 0.416 e. The molecule has 0 aromatic heterocycles. The molecule has 24 heavy (non-hydrogen) atoms. The Kier molecular flexibility index (Phi) is 4.25. The van der Waals surface area contributed by atoms with Gasteiger partial charge in [-0.1, -0.05) is 23.7 Å². The fourth-order valence-corrected chi connectivity index (χ4v) is 2.71. The summed E-state index contributed by atoms with van der Waals surface area (Å²) in [6.07, 6.45) is -4.04. The van der Waals surface area contributed by atoms with E-state index in [9.17, 15) is 22.4 Å². The number of rotatable bonds is 3. The fourth-order valence-electron chi connectivity index (χ4n) is 2.59. The average molecular weight is 358 g/mol. The standard InChI is InChI=1S/C17H12ClF4NO/c18-11-4-1-9(2-5-11)12-8-13(12)16(24)23-15-7-10(17(20,21)22)3-6-14(15)19/h1-7,12-13H,8H2,(H,23,24)/t12-,13-/m1/s1. The van der Waals surface area contributed by atoms with E-state index in [1.54, 1.807) is 24.3 Å². The van der Waals surface area contributed by atoms with Crippen LogP contribution in [0.15, 0.2) is 42.5 Å². The Labute approximate surface area is 140 Å². The minimum absolute atomic E-state index is 0.0314. The summed E-state index contributed by atoms with van der Waals surface area (Å²) in [6.45, 7) is 0. The number of hydrogen-bond acceptors (Lipinski definition) is 1. The molecule has 1 amide bonds. The van der Waals surface area contributed by atoms with Gasteiger partial charge in [-0.3, -0.25) is 4.79 Å². The summed E-state index contributed by atoms with van der Waals surface area (Å²) in [4.78, 5) is 12.2. The molecule has 2 aromatic rings. The van der Waals surface area contributed by atoms with Gasteiger partial charge in [-0.2, -0.15) is 13.2 Å². The third kappa shape index (κ3) is 3.53. The summed E-state index contributed by atoms with van der Waals surface area (Å²) < 4.78 is 51.7. The molecule has 0 radical (unpaired) electrons. The number of nitrogens with one attached hydrogen (secondary N) is 1. The van der Waals surface area contributed by atoms with Crippen molar-refractivity contribution in [1.29, 1.82) is 0 Å². The SMILES string of the molecule is O=C(Nc1cc(C(F)(F)F)ccc1F)[C@@H]1C[C@@H]1c1ccc(Cl)cc1. The molecule has 2 aromatic carbocycles. The van der Waals surface area contributed by atoms with Gasteiger partial charge in [-0.25, -0.2) is 4.39 Å². The van der Waals surface area contributed by atoms with Crippen molar-refractivity contribution in [3.05, 3.63) is 64.4 Å². The zero-order valence-electron chi connectivity index (χ0n) is 12.2. The molecule has 0 spiro atoms. The molecule has 0 unspecified atom stereocenters. The number of hydrogen-bond donors (Lipinski definition) is 1. The lowest BCUT2D eigenvalue weighted by molar-refractivity contribution is -0.137. The lowest BCUT2D eigenvalue weighted by Gasteiger charge is -2.11. The summed E-state index contributed by atoms with van der Waals surface area (Å²) in [5, 5.41) is 2.83. The Hall–Kier alpha value is -2.08. The van der Waals surface area contributed by atoms with E-state index in [2.05, 4.69) is 5.32 Å². The van der Waals surface area contributed by atoms with Crippen molar-refractivity contribution in [3.8, 4) is 0 Å². The summed E-state index contributed by atoms with van der Waals surface area (Å²) in [7, 11) is 0. The molecule has 7 heteroatoms. The quantitative estimate of drug-likeness (QED) is 0.748. The van der Waals surface area contributed by atoms with Crippen molar-refractivity contribution in [1.82, 2.24) is 0 Å². The molecule has 3 rings (SSSR count). The van der Waals surface area contributed by atoms with Crippen molar-refractivity contribution >= 4 is 23.2 Å². The zero-order valence-corrected chi connectivity index (χ0v) is 13.0. The van der Waals surface area contributed by atoms with E-state index in [-0.39, 0.29) is 11.8 Å². The molecule has 0 aliphatic heterocycles. The number of halogens is 5. The van der Waals surface area contributed by atoms with Gasteiger partial charge in [0.05, 0.1) is 11.3 Å². The second-order valence-corrected chi connectivity index (χ2v) is 6.12. The maximum atomic E-state index is 13.7. The largest absolute Gasteiger partial charge is 0.416 e. The first-order valence-electron chi connectivity index (χ1n) is 7.19.